The Hall–Kier alpha value is -2.40. The molecule has 0 bridgehead atoms. The van der Waals surface area contributed by atoms with E-state index >= 15 is 0 Å². The molecule has 168 valence electrons. The van der Waals surface area contributed by atoms with Gasteiger partial charge in [0.2, 0.25) is 10.0 Å². The first-order valence-corrected chi connectivity index (χ1v) is 13.3. The fourth-order valence-corrected chi connectivity index (χ4v) is 5.86. The number of aromatic nitrogens is 1. The van der Waals surface area contributed by atoms with Gasteiger partial charge in [-0.2, -0.15) is 5.10 Å². The van der Waals surface area contributed by atoms with E-state index in [1.807, 2.05) is 0 Å². The molecule has 1 N–H and O–H groups in total. The summed E-state index contributed by atoms with van der Waals surface area (Å²) in [6.07, 6.45) is 0. The van der Waals surface area contributed by atoms with Gasteiger partial charge < -0.3 is 4.57 Å². The SMILES string of the molecule is Cc1cc(C2=NNC(=Nc3cccc(S(=O)(=O)N(C)C)c3)SC2)c(C)n1Cc1cccs1. The van der Waals surface area contributed by atoms with E-state index in [1.165, 1.54) is 34.7 Å². The maximum Gasteiger partial charge on any atom is 0.242 e. The van der Waals surface area contributed by atoms with Gasteiger partial charge in [0.15, 0.2) is 5.17 Å². The fraction of sp³-hybridized carbons (Fsp3) is 0.273. The second-order valence-corrected chi connectivity index (χ2v) is 11.8. The van der Waals surface area contributed by atoms with Crippen molar-refractivity contribution in [1.29, 1.82) is 0 Å². The van der Waals surface area contributed by atoms with Gasteiger partial charge in [-0.3, -0.25) is 5.43 Å². The number of thiophene rings is 1. The number of nitrogens with zero attached hydrogens (tertiary/aromatic N) is 4. The quantitative estimate of drug-likeness (QED) is 0.565. The number of rotatable bonds is 6. The van der Waals surface area contributed by atoms with Crippen molar-refractivity contribution in [1.82, 2.24) is 14.3 Å². The van der Waals surface area contributed by atoms with Gasteiger partial charge in [-0.05, 0) is 49.6 Å². The van der Waals surface area contributed by atoms with Crippen LogP contribution in [-0.2, 0) is 16.6 Å². The van der Waals surface area contributed by atoms with E-state index in [0.29, 0.717) is 16.6 Å². The van der Waals surface area contributed by atoms with Crippen molar-refractivity contribution in [3.63, 3.8) is 0 Å². The predicted octanol–water partition coefficient (Wildman–Crippen LogP) is 4.19. The summed E-state index contributed by atoms with van der Waals surface area (Å²) in [4.78, 5) is 6.09. The van der Waals surface area contributed by atoms with E-state index in [9.17, 15) is 8.42 Å². The Balaban J connectivity index is 1.53. The van der Waals surface area contributed by atoms with Gasteiger partial charge in [-0.1, -0.05) is 23.9 Å². The molecule has 10 heteroatoms. The minimum absolute atomic E-state index is 0.215. The summed E-state index contributed by atoms with van der Waals surface area (Å²) in [7, 11) is -0.475. The number of aliphatic imine (C=N–C) groups is 1. The van der Waals surface area contributed by atoms with Crippen LogP contribution >= 0.6 is 23.1 Å². The highest BCUT2D eigenvalue weighted by Gasteiger charge is 2.20. The Morgan fingerprint density at radius 1 is 1.19 bits per heavy atom. The zero-order valence-corrected chi connectivity index (χ0v) is 20.8. The van der Waals surface area contributed by atoms with Crippen LogP contribution in [0.2, 0.25) is 0 Å². The lowest BCUT2D eigenvalue weighted by Gasteiger charge is -2.16. The molecule has 0 spiro atoms. The molecule has 1 aromatic carbocycles. The van der Waals surface area contributed by atoms with Gasteiger partial charge in [0.25, 0.3) is 0 Å². The van der Waals surface area contributed by atoms with Crippen molar-refractivity contribution in [3.8, 4) is 0 Å². The molecule has 1 aliphatic heterocycles. The summed E-state index contributed by atoms with van der Waals surface area (Å²) < 4.78 is 28.2. The Labute approximate surface area is 196 Å². The third kappa shape index (κ3) is 4.68. The lowest BCUT2D eigenvalue weighted by Crippen LogP contribution is -2.25. The summed E-state index contributed by atoms with van der Waals surface area (Å²) >= 11 is 3.31. The van der Waals surface area contributed by atoms with Crippen LogP contribution in [0.5, 0.6) is 0 Å². The first-order chi connectivity index (χ1) is 15.3. The third-order valence-corrected chi connectivity index (χ3v) is 8.78. The molecule has 3 aromatic rings. The van der Waals surface area contributed by atoms with E-state index in [4.69, 9.17) is 0 Å². The van der Waals surface area contributed by atoms with Crippen LogP contribution in [0, 0.1) is 13.8 Å². The largest absolute Gasteiger partial charge is 0.343 e. The maximum atomic E-state index is 12.4. The highest BCUT2D eigenvalue weighted by Crippen LogP contribution is 2.25. The number of hydrogen-bond donors (Lipinski definition) is 1. The van der Waals surface area contributed by atoms with Crippen LogP contribution in [0.4, 0.5) is 5.69 Å². The highest BCUT2D eigenvalue weighted by molar-refractivity contribution is 8.14. The molecule has 0 unspecified atom stereocenters. The third-order valence-electron chi connectivity index (χ3n) is 5.24. The molecule has 7 nitrogen and oxygen atoms in total. The van der Waals surface area contributed by atoms with Crippen LogP contribution in [-0.4, -0.2) is 48.0 Å². The predicted molar refractivity (Wildman–Crippen MR) is 134 cm³/mol. The molecule has 0 radical (unpaired) electrons. The van der Waals surface area contributed by atoms with E-state index in [0.717, 1.165) is 17.8 Å². The van der Waals surface area contributed by atoms with Crippen LogP contribution < -0.4 is 5.43 Å². The molecule has 1 aliphatic rings. The number of aryl methyl sites for hydroxylation is 1. The molecule has 0 fully saturated rings. The molecule has 2 aromatic heterocycles. The number of amidine groups is 1. The topological polar surface area (TPSA) is 79.1 Å². The monoisotopic (exact) mass is 487 g/mol. The number of hydrazone groups is 1. The molecule has 0 saturated carbocycles. The second kappa shape index (κ2) is 9.22. The first kappa shape index (κ1) is 22.8. The summed E-state index contributed by atoms with van der Waals surface area (Å²) in [6.45, 7) is 5.11. The van der Waals surface area contributed by atoms with Gasteiger partial charge >= 0.3 is 0 Å². The summed E-state index contributed by atoms with van der Waals surface area (Å²) in [6, 6.07) is 13.0. The zero-order chi connectivity index (χ0) is 22.9. The van der Waals surface area contributed by atoms with Crippen molar-refractivity contribution in [2.24, 2.45) is 10.1 Å². The highest BCUT2D eigenvalue weighted by atomic mass is 32.2. The fourth-order valence-electron chi connectivity index (χ4n) is 3.45. The van der Waals surface area contributed by atoms with Gasteiger partial charge in [0, 0.05) is 41.7 Å². The van der Waals surface area contributed by atoms with Crippen LogP contribution in [0.25, 0.3) is 0 Å². The van der Waals surface area contributed by atoms with Crippen LogP contribution in [0.15, 0.2) is 62.8 Å². The van der Waals surface area contributed by atoms with Crippen molar-refractivity contribution in [3.05, 3.63) is 69.7 Å². The Bertz CT molecular complexity index is 1290. The van der Waals surface area contributed by atoms with Crippen LogP contribution in [0.1, 0.15) is 21.8 Å². The molecule has 0 aliphatic carbocycles. The normalized spacial score (nSPS) is 15.8. The average Bonchev–Trinajstić information content (AvgIpc) is 3.38. The number of thioether (sulfide) groups is 1. The van der Waals surface area contributed by atoms with Crippen molar-refractivity contribution in [2.75, 3.05) is 19.8 Å². The van der Waals surface area contributed by atoms with Crippen molar-refractivity contribution < 1.29 is 8.42 Å². The molecular weight excluding hydrogens is 462 g/mol. The van der Waals surface area contributed by atoms with Gasteiger partial charge in [0.1, 0.15) is 0 Å². The number of nitrogens with one attached hydrogen (secondary N) is 1. The van der Waals surface area contributed by atoms with E-state index < -0.39 is 10.0 Å². The lowest BCUT2D eigenvalue weighted by molar-refractivity contribution is 0.521. The molecule has 3 heterocycles. The van der Waals surface area contributed by atoms with Crippen molar-refractivity contribution >= 4 is 49.7 Å². The Kier molecular flexibility index (Phi) is 6.57. The standard InChI is InChI=1S/C22H25N5O2S3/c1-15-11-20(16(2)27(15)13-18-8-6-10-30-18)21-14-31-22(25-24-21)23-17-7-5-9-19(12-17)32(28,29)26(3)4/h5-12H,13-14H2,1-4H3,(H,23,25). The lowest BCUT2D eigenvalue weighted by atomic mass is 10.1. The van der Waals surface area contributed by atoms with E-state index in [1.54, 1.807) is 47.4 Å². The minimum atomic E-state index is -3.50. The van der Waals surface area contributed by atoms with E-state index in [2.05, 4.69) is 57.5 Å². The smallest absolute Gasteiger partial charge is 0.242 e. The van der Waals surface area contributed by atoms with Gasteiger partial charge in [0.05, 0.1) is 22.8 Å². The second-order valence-electron chi connectivity index (χ2n) is 7.61. The average molecular weight is 488 g/mol. The Morgan fingerprint density at radius 3 is 2.66 bits per heavy atom. The molecule has 0 amide bonds. The minimum Gasteiger partial charge on any atom is -0.343 e. The summed E-state index contributed by atoms with van der Waals surface area (Å²) in [5.74, 6) is 0.685. The Morgan fingerprint density at radius 2 is 2.00 bits per heavy atom. The number of sulfonamides is 1. The maximum absolute atomic E-state index is 12.4. The molecule has 32 heavy (non-hydrogen) atoms. The number of hydrogen-bond acceptors (Lipinski definition) is 6. The zero-order valence-electron chi connectivity index (χ0n) is 18.4. The van der Waals surface area contributed by atoms with Crippen LogP contribution in [0.3, 0.4) is 0 Å². The van der Waals surface area contributed by atoms with Crippen molar-refractivity contribution in [2.45, 2.75) is 25.3 Å². The first-order valence-electron chi connectivity index (χ1n) is 10.0. The molecule has 0 atom stereocenters. The van der Waals surface area contributed by atoms with Gasteiger partial charge in [-0.25, -0.2) is 17.7 Å². The van der Waals surface area contributed by atoms with E-state index in [-0.39, 0.29) is 4.90 Å². The summed E-state index contributed by atoms with van der Waals surface area (Å²) in [5.41, 5.74) is 8.11. The van der Waals surface area contributed by atoms with Gasteiger partial charge in [-0.15, -0.1) is 11.3 Å². The summed E-state index contributed by atoms with van der Waals surface area (Å²) in [5, 5.41) is 7.31. The molecule has 4 rings (SSSR count). The molecule has 0 saturated heterocycles. The molecular formula is C22H25N5O2S3. The number of benzene rings is 1.